The Hall–Kier alpha value is -2.11. The number of carbonyl (C=O) groups excluding carboxylic acids is 2. The van der Waals surface area contributed by atoms with Gasteiger partial charge in [0.1, 0.15) is 5.60 Å². The highest BCUT2D eigenvalue weighted by atomic mass is 16.6. The van der Waals surface area contributed by atoms with E-state index in [9.17, 15) is 9.59 Å². The normalized spacial score (nSPS) is 12.4. The predicted molar refractivity (Wildman–Crippen MR) is 80.0 cm³/mol. The number of nitrogens with zero attached hydrogens (tertiary/aromatic N) is 2. The lowest BCUT2D eigenvalue weighted by molar-refractivity contribution is 0.0491. The predicted octanol–water partition coefficient (Wildman–Crippen LogP) is 2.07. The fourth-order valence-corrected chi connectivity index (χ4v) is 1.76. The Balaban J connectivity index is 2.49. The van der Waals surface area contributed by atoms with Crippen molar-refractivity contribution < 1.29 is 14.3 Å². The van der Waals surface area contributed by atoms with E-state index in [4.69, 9.17) is 4.74 Å². The third kappa shape index (κ3) is 6.25. The summed E-state index contributed by atoms with van der Waals surface area (Å²) in [7, 11) is 1.69. The molecule has 0 radical (unpaired) electrons. The molecule has 21 heavy (non-hydrogen) atoms. The van der Waals surface area contributed by atoms with Gasteiger partial charge in [0.2, 0.25) is 0 Å². The number of amides is 2. The van der Waals surface area contributed by atoms with E-state index in [0.717, 1.165) is 0 Å². The van der Waals surface area contributed by atoms with E-state index >= 15 is 0 Å². The maximum Gasteiger partial charge on any atom is 0.407 e. The van der Waals surface area contributed by atoms with Crippen LogP contribution in [0.4, 0.5) is 4.79 Å². The Morgan fingerprint density at radius 1 is 1.33 bits per heavy atom. The average Bonchev–Trinajstić information content (AvgIpc) is 2.36. The highest BCUT2D eigenvalue weighted by Crippen LogP contribution is 2.07. The van der Waals surface area contributed by atoms with Crippen LogP contribution in [-0.4, -0.2) is 47.1 Å². The zero-order valence-electron chi connectivity index (χ0n) is 13.2. The molecular formula is C15H23N3O3. The van der Waals surface area contributed by atoms with Gasteiger partial charge in [-0.1, -0.05) is 0 Å². The minimum atomic E-state index is -0.539. The van der Waals surface area contributed by atoms with Crippen molar-refractivity contribution in [3.63, 3.8) is 0 Å². The van der Waals surface area contributed by atoms with Gasteiger partial charge < -0.3 is 15.0 Å². The summed E-state index contributed by atoms with van der Waals surface area (Å²) in [5.74, 6) is -0.116. The van der Waals surface area contributed by atoms with Gasteiger partial charge in [-0.15, -0.1) is 0 Å². The smallest absolute Gasteiger partial charge is 0.407 e. The maximum absolute atomic E-state index is 12.1. The Morgan fingerprint density at radius 2 is 1.90 bits per heavy atom. The molecule has 0 aliphatic heterocycles. The van der Waals surface area contributed by atoms with Gasteiger partial charge in [-0.05, 0) is 39.8 Å². The van der Waals surface area contributed by atoms with Crippen LogP contribution in [0.2, 0.25) is 0 Å². The lowest BCUT2D eigenvalue weighted by atomic mass is 10.2. The monoisotopic (exact) mass is 293 g/mol. The van der Waals surface area contributed by atoms with E-state index in [1.807, 2.05) is 6.92 Å². The number of ether oxygens (including phenoxy) is 1. The Morgan fingerprint density at radius 3 is 2.43 bits per heavy atom. The van der Waals surface area contributed by atoms with E-state index in [2.05, 4.69) is 10.3 Å². The standard InChI is InChI=1S/C15H23N3O3/c1-11(17-14(20)21-15(2,3)4)10-18(5)13(19)12-6-8-16-9-7-12/h6-9,11H,10H2,1-5H3,(H,17,20)/t11-/m0/s1. The maximum atomic E-state index is 12.1. The third-order valence-corrected chi connectivity index (χ3v) is 2.58. The van der Waals surface area contributed by atoms with Crippen molar-refractivity contribution in [2.75, 3.05) is 13.6 Å². The molecule has 0 aromatic carbocycles. The lowest BCUT2D eigenvalue weighted by Crippen LogP contribution is -2.44. The summed E-state index contributed by atoms with van der Waals surface area (Å²) in [5, 5.41) is 2.71. The van der Waals surface area contributed by atoms with Crippen molar-refractivity contribution in [2.45, 2.75) is 39.3 Å². The Labute approximate surface area is 125 Å². The van der Waals surface area contributed by atoms with Gasteiger partial charge in [-0.3, -0.25) is 9.78 Å². The molecule has 1 N–H and O–H groups in total. The Bertz CT molecular complexity index is 483. The van der Waals surface area contributed by atoms with Gasteiger partial charge in [0, 0.05) is 37.6 Å². The molecule has 1 aromatic heterocycles. The molecule has 0 saturated heterocycles. The van der Waals surface area contributed by atoms with Crippen LogP contribution < -0.4 is 5.32 Å². The van der Waals surface area contributed by atoms with Gasteiger partial charge in [-0.25, -0.2) is 4.79 Å². The molecule has 6 nitrogen and oxygen atoms in total. The molecule has 0 aliphatic carbocycles. The first-order chi connectivity index (χ1) is 9.69. The van der Waals surface area contributed by atoms with E-state index in [0.29, 0.717) is 12.1 Å². The Kier molecular flexibility index (Phi) is 5.69. The molecule has 2 amide bonds. The SMILES string of the molecule is C[C@@H](CN(C)C(=O)c1ccncc1)NC(=O)OC(C)(C)C. The number of carbonyl (C=O) groups is 2. The van der Waals surface area contributed by atoms with Crippen LogP contribution in [0.15, 0.2) is 24.5 Å². The number of aromatic nitrogens is 1. The molecule has 0 aliphatic rings. The fourth-order valence-electron chi connectivity index (χ4n) is 1.76. The van der Waals surface area contributed by atoms with Gasteiger partial charge in [-0.2, -0.15) is 0 Å². The summed E-state index contributed by atoms with van der Waals surface area (Å²) in [5.41, 5.74) is 0.0275. The van der Waals surface area contributed by atoms with E-state index in [1.54, 1.807) is 57.2 Å². The van der Waals surface area contributed by atoms with Crippen molar-refractivity contribution in [1.82, 2.24) is 15.2 Å². The molecule has 116 valence electrons. The highest BCUT2D eigenvalue weighted by molar-refractivity contribution is 5.93. The van der Waals surface area contributed by atoms with Crippen molar-refractivity contribution in [3.05, 3.63) is 30.1 Å². The number of likely N-dealkylation sites (N-methyl/N-ethyl adjacent to an activating group) is 1. The first-order valence-electron chi connectivity index (χ1n) is 6.84. The van der Waals surface area contributed by atoms with Crippen LogP contribution >= 0.6 is 0 Å². The molecule has 1 atom stereocenters. The highest BCUT2D eigenvalue weighted by Gasteiger charge is 2.19. The van der Waals surface area contributed by atoms with Crippen LogP contribution in [-0.2, 0) is 4.74 Å². The third-order valence-electron chi connectivity index (χ3n) is 2.58. The number of nitrogens with one attached hydrogen (secondary N) is 1. The largest absolute Gasteiger partial charge is 0.444 e. The number of hydrogen-bond donors (Lipinski definition) is 1. The van der Waals surface area contributed by atoms with Crippen LogP contribution in [0.5, 0.6) is 0 Å². The molecule has 1 aromatic rings. The summed E-state index contributed by atoms with van der Waals surface area (Å²) < 4.78 is 5.17. The second kappa shape index (κ2) is 7.06. The average molecular weight is 293 g/mol. The van der Waals surface area contributed by atoms with Gasteiger partial charge >= 0.3 is 6.09 Å². The molecule has 0 fully saturated rings. The summed E-state index contributed by atoms with van der Waals surface area (Å²) in [6.07, 6.45) is 2.66. The van der Waals surface area contributed by atoms with Gasteiger partial charge in [0.25, 0.3) is 5.91 Å². The van der Waals surface area contributed by atoms with Crippen molar-refractivity contribution in [1.29, 1.82) is 0 Å². The first kappa shape index (κ1) is 16.9. The van der Waals surface area contributed by atoms with Crippen LogP contribution in [0.1, 0.15) is 38.1 Å². The molecule has 6 heteroatoms. The molecule has 0 unspecified atom stereocenters. The van der Waals surface area contributed by atoms with E-state index in [-0.39, 0.29) is 11.9 Å². The topological polar surface area (TPSA) is 71.5 Å². The molecular weight excluding hydrogens is 270 g/mol. The number of pyridine rings is 1. The van der Waals surface area contributed by atoms with Crippen LogP contribution in [0.25, 0.3) is 0 Å². The second-order valence-corrected chi connectivity index (χ2v) is 5.97. The summed E-state index contributed by atoms with van der Waals surface area (Å²) in [6.45, 7) is 7.61. The fraction of sp³-hybridized carbons (Fsp3) is 0.533. The molecule has 1 heterocycles. The van der Waals surface area contributed by atoms with Crippen molar-refractivity contribution in [2.24, 2.45) is 0 Å². The number of rotatable bonds is 4. The summed E-state index contributed by atoms with van der Waals surface area (Å²) >= 11 is 0. The van der Waals surface area contributed by atoms with Gasteiger partial charge in [0.15, 0.2) is 0 Å². The quantitative estimate of drug-likeness (QED) is 0.922. The summed E-state index contributed by atoms with van der Waals surface area (Å²) in [6, 6.07) is 3.10. The first-order valence-corrected chi connectivity index (χ1v) is 6.84. The minimum Gasteiger partial charge on any atom is -0.444 e. The number of alkyl carbamates (subject to hydrolysis) is 1. The molecule has 0 spiro atoms. The molecule has 0 bridgehead atoms. The van der Waals surface area contributed by atoms with Crippen molar-refractivity contribution in [3.8, 4) is 0 Å². The minimum absolute atomic E-state index is 0.116. The van der Waals surface area contributed by atoms with Gasteiger partial charge in [0.05, 0.1) is 0 Å². The van der Waals surface area contributed by atoms with Crippen molar-refractivity contribution >= 4 is 12.0 Å². The number of hydrogen-bond acceptors (Lipinski definition) is 4. The lowest BCUT2D eigenvalue weighted by Gasteiger charge is -2.25. The van der Waals surface area contributed by atoms with Crippen LogP contribution in [0, 0.1) is 0 Å². The zero-order valence-corrected chi connectivity index (χ0v) is 13.2. The molecule has 0 saturated carbocycles. The van der Waals surface area contributed by atoms with E-state index in [1.165, 1.54) is 0 Å². The second-order valence-electron chi connectivity index (χ2n) is 5.97. The molecule has 1 rings (SSSR count). The summed E-state index contributed by atoms with van der Waals surface area (Å²) in [4.78, 5) is 29.2. The zero-order chi connectivity index (χ0) is 16.0. The van der Waals surface area contributed by atoms with Crippen LogP contribution in [0.3, 0.4) is 0 Å². The van der Waals surface area contributed by atoms with E-state index < -0.39 is 11.7 Å².